The summed E-state index contributed by atoms with van der Waals surface area (Å²) >= 11 is 0. The standard InChI is InChI=1S/C25H20N2O3/c1-18-8-7-11-20(16-18)26(23(28)15-14-19-9-3-2-4-10-19)17-27-24(29)21-12-5-6-13-22(21)25(27)30/h2-16H,17H2,1H3/b15-14+. The van der Waals surface area contributed by atoms with Gasteiger partial charge in [0.1, 0.15) is 6.67 Å². The van der Waals surface area contributed by atoms with Crippen molar-refractivity contribution in [3.8, 4) is 0 Å². The molecule has 5 heteroatoms. The summed E-state index contributed by atoms with van der Waals surface area (Å²) in [6.07, 6.45) is 3.17. The van der Waals surface area contributed by atoms with E-state index in [2.05, 4.69) is 0 Å². The molecule has 0 bridgehead atoms. The number of nitrogens with zero attached hydrogens (tertiary/aromatic N) is 2. The highest BCUT2D eigenvalue weighted by Gasteiger charge is 2.36. The fourth-order valence-corrected chi connectivity index (χ4v) is 3.41. The van der Waals surface area contributed by atoms with E-state index in [9.17, 15) is 14.4 Å². The quantitative estimate of drug-likeness (QED) is 0.477. The summed E-state index contributed by atoms with van der Waals surface area (Å²) < 4.78 is 0. The molecule has 0 saturated carbocycles. The molecule has 1 aliphatic heterocycles. The zero-order chi connectivity index (χ0) is 21.1. The number of carbonyl (C=O) groups excluding carboxylic acids is 3. The van der Waals surface area contributed by atoms with E-state index in [1.165, 1.54) is 11.0 Å². The van der Waals surface area contributed by atoms with Crippen LogP contribution in [-0.2, 0) is 4.79 Å². The lowest BCUT2D eigenvalue weighted by molar-refractivity contribution is -0.114. The maximum absolute atomic E-state index is 13.1. The second-order valence-electron chi connectivity index (χ2n) is 7.07. The van der Waals surface area contributed by atoms with Crippen LogP contribution in [0.3, 0.4) is 0 Å². The first-order valence-corrected chi connectivity index (χ1v) is 9.61. The predicted molar refractivity (Wildman–Crippen MR) is 116 cm³/mol. The smallest absolute Gasteiger partial charge is 0.263 e. The van der Waals surface area contributed by atoms with Crippen molar-refractivity contribution in [2.75, 3.05) is 11.6 Å². The molecule has 3 aromatic rings. The average molecular weight is 396 g/mol. The zero-order valence-corrected chi connectivity index (χ0v) is 16.5. The minimum atomic E-state index is -0.395. The van der Waals surface area contributed by atoms with E-state index in [4.69, 9.17) is 0 Å². The molecule has 3 amide bonds. The molecule has 0 N–H and O–H groups in total. The van der Waals surface area contributed by atoms with Crippen LogP contribution in [0.1, 0.15) is 31.8 Å². The summed E-state index contributed by atoms with van der Waals surface area (Å²) in [5.74, 6) is -1.11. The summed E-state index contributed by atoms with van der Waals surface area (Å²) in [4.78, 5) is 41.2. The Morgan fingerprint density at radius 1 is 0.867 bits per heavy atom. The number of fused-ring (bicyclic) bond motifs is 1. The van der Waals surface area contributed by atoms with Crippen LogP contribution in [0, 0.1) is 6.92 Å². The van der Waals surface area contributed by atoms with Crippen LogP contribution in [0.4, 0.5) is 5.69 Å². The number of amides is 3. The van der Waals surface area contributed by atoms with Crippen molar-refractivity contribution in [2.24, 2.45) is 0 Å². The Bertz CT molecular complexity index is 1120. The number of hydrogen-bond acceptors (Lipinski definition) is 3. The molecule has 1 heterocycles. The van der Waals surface area contributed by atoms with Gasteiger partial charge in [0.05, 0.1) is 11.1 Å². The van der Waals surface area contributed by atoms with Gasteiger partial charge in [-0.25, -0.2) is 0 Å². The third kappa shape index (κ3) is 3.78. The third-order valence-corrected chi connectivity index (χ3v) is 4.96. The van der Waals surface area contributed by atoms with Gasteiger partial charge in [0, 0.05) is 11.8 Å². The lowest BCUT2D eigenvalue weighted by atomic mass is 10.1. The third-order valence-electron chi connectivity index (χ3n) is 4.96. The maximum atomic E-state index is 13.1. The van der Waals surface area contributed by atoms with E-state index >= 15 is 0 Å². The van der Waals surface area contributed by atoms with Crippen LogP contribution in [0.5, 0.6) is 0 Å². The SMILES string of the molecule is Cc1cccc(N(CN2C(=O)c3ccccc3C2=O)C(=O)/C=C/c2ccccc2)c1. The second kappa shape index (κ2) is 8.17. The molecule has 1 aliphatic rings. The van der Waals surface area contributed by atoms with E-state index in [1.54, 1.807) is 36.4 Å². The van der Waals surface area contributed by atoms with Crippen molar-refractivity contribution in [1.29, 1.82) is 0 Å². The number of aryl methyl sites for hydroxylation is 1. The number of imide groups is 1. The van der Waals surface area contributed by atoms with Crippen molar-refractivity contribution in [3.63, 3.8) is 0 Å². The molecule has 0 aromatic heterocycles. The van der Waals surface area contributed by atoms with Crippen LogP contribution in [0.2, 0.25) is 0 Å². The lowest BCUT2D eigenvalue weighted by Gasteiger charge is -2.26. The first-order chi connectivity index (χ1) is 14.5. The Morgan fingerprint density at radius 3 is 2.13 bits per heavy atom. The molecule has 5 nitrogen and oxygen atoms in total. The molecule has 0 saturated heterocycles. The van der Waals surface area contributed by atoms with E-state index in [1.807, 2.05) is 55.5 Å². The van der Waals surface area contributed by atoms with Crippen molar-refractivity contribution < 1.29 is 14.4 Å². The summed E-state index contributed by atoms with van der Waals surface area (Å²) in [6.45, 7) is 1.77. The van der Waals surface area contributed by atoms with Crippen LogP contribution in [0.15, 0.2) is 84.9 Å². The van der Waals surface area contributed by atoms with Gasteiger partial charge in [-0.3, -0.25) is 24.2 Å². The molecule has 0 aliphatic carbocycles. The Balaban J connectivity index is 1.65. The molecule has 0 spiro atoms. The largest absolute Gasteiger partial charge is 0.290 e. The monoisotopic (exact) mass is 396 g/mol. The molecule has 30 heavy (non-hydrogen) atoms. The first kappa shape index (κ1) is 19.3. The Labute approximate surface area is 174 Å². The van der Waals surface area contributed by atoms with Gasteiger partial charge in [0.2, 0.25) is 0 Å². The topological polar surface area (TPSA) is 57.7 Å². The molecule has 0 atom stereocenters. The average Bonchev–Trinajstić information content (AvgIpc) is 3.01. The summed E-state index contributed by atoms with van der Waals surface area (Å²) in [6, 6.07) is 23.6. The van der Waals surface area contributed by atoms with Gasteiger partial charge >= 0.3 is 0 Å². The maximum Gasteiger partial charge on any atom is 0.263 e. The van der Waals surface area contributed by atoms with Gasteiger partial charge in [-0.2, -0.15) is 0 Å². The molecule has 0 unspecified atom stereocenters. The highest BCUT2D eigenvalue weighted by molar-refractivity contribution is 6.21. The van der Waals surface area contributed by atoms with Crippen LogP contribution < -0.4 is 4.90 Å². The van der Waals surface area contributed by atoms with Gasteiger partial charge in [-0.15, -0.1) is 0 Å². The number of rotatable bonds is 5. The molecule has 4 rings (SSSR count). The Morgan fingerprint density at radius 2 is 1.50 bits per heavy atom. The Hall–Kier alpha value is -3.99. The van der Waals surface area contributed by atoms with Gasteiger partial charge in [0.25, 0.3) is 17.7 Å². The highest BCUT2D eigenvalue weighted by atomic mass is 16.2. The number of hydrogen-bond donors (Lipinski definition) is 0. The lowest BCUT2D eigenvalue weighted by Crippen LogP contribution is -2.43. The molecule has 148 valence electrons. The van der Waals surface area contributed by atoms with Crippen molar-refractivity contribution in [3.05, 3.63) is 107 Å². The highest BCUT2D eigenvalue weighted by Crippen LogP contribution is 2.25. The first-order valence-electron chi connectivity index (χ1n) is 9.61. The molecular weight excluding hydrogens is 376 g/mol. The van der Waals surface area contributed by atoms with Crippen LogP contribution >= 0.6 is 0 Å². The minimum Gasteiger partial charge on any atom is -0.290 e. The Kier molecular flexibility index (Phi) is 5.26. The normalized spacial score (nSPS) is 13.0. The number of benzene rings is 3. The number of anilines is 1. The van der Waals surface area contributed by atoms with E-state index in [0.29, 0.717) is 16.8 Å². The molecule has 3 aromatic carbocycles. The van der Waals surface area contributed by atoms with Gasteiger partial charge in [-0.1, -0.05) is 54.6 Å². The fourth-order valence-electron chi connectivity index (χ4n) is 3.41. The van der Waals surface area contributed by atoms with Gasteiger partial charge in [-0.05, 0) is 48.4 Å². The van der Waals surface area contributed by atoms with E-state index in [-0.39, 0.29) is 12.6 Å². The van der Waals surface area contributed by atoms with E-state index < -0.39 is 11.8 Å². The minimum absolute atomic E-state index is 0.159. The molecular formula is C25H20N2O3. The van der Waals surface area contributed by atoms with Crippen molar-refractivity contribution in [2.45, 2.75) is 6.92 Å². The van der Waals surface area contributed by atoms with Crippen molar-refractivity contribution >= 4 is 29.5 Å². The summed E-state index contributed by atoms with van der Waals surface area (Å²) in [7, 11) is 0. The van der Waals surface area contributed by atoms with E-state index in [0.717, 1.165) is 16.0 Å². The fraction of sp³-hybridized carbons (Fsp3) is 0.0800. The molecule has 0 fully saturated rings. The summed E-state index contributed by atoms with van der Waals surface area (Å²) in [5.41, 5.74) is 3.20. The summed E-state index contributed by atoms with van der Waals surface area (Å²) in [5, 5.41) is 0. The van der Waals surface area contributed by atoms with Gasteiger partial charge in [0.15, 0.2) is 0 Å². The zero-order valence-electron chi connectivity index (χ0n) is 16.5. The predicted octanol–water partition coefficient (Wildman–Crippen LogP) is 4.30. The van der Waals surface area contributed by atoms with Crippen LogP contribution in [-0.4, -0.2) is 29.3 Å². The van der Waals surface area contributed by atoms with Crippen molar-refractivity contribution in [1.82, 2.24) is 4.90 Å². The number of carbonyl (C=O) groups is 3. The van der Waals surface area contributed by atoms with Crippen LogP contribution in [0.25, 0.3) is 6.08 Å². The molecule has 0 radical (unpaired) electrons. The van der Waals surface area contributed by atoms with Gasteiger partial charge < -0.3 is 0 Å². The second-order valence-corrected chi connectivity index (χ2v) is 7.07.